The number of nitrogens with zero attached hydrogens (tertiary/aromatic N) is 1. The summed E-state index contributed by atoms with van der Waals surface area (Å²) in [4.78, 5) is 12.4. The Kier molecular flexibility index (Phi) is 4.76. The van der Waals surface area contributed by atoms with Crippen LogP contribution in [-0.2, 0) is 6.54 Å². The fourth-order valence-corrected chi connectivity index (χ4v) is 2.81. The first-order valence-electron chi connectivity index (χ1n) is 6.26. The number of rotatable bonds is 5. The van der Waals surface area contributed by atoms with Gasteiger partial charge in [-0.3, -0.25) is 10.1 Å². The summed E-state index contributed by atoms with van der Waals surface area (Å²) in [6.07, 6.45) is 0. The number of nitro benzene ring substituents is 1. The van der Waals surface area contributed by atoms with Crippen molar-refractivity contribution in [3.63, 3.8) is 0 Å². The highest BCUT2D eigenvalue weighted by molar-refractivity contribution is 7.99. The smallest absolute Gasteiger partial charge is 0.269 e. The average Bonchev–Trinajstić information content (AvgIpc) is 2.42. The number of aryl methyl sites for hydroxylation is 1. The molecule has 1 N–H and O–H groups in total. The molecule has 0 saturated carbocycles. The molecule has 0 atom stereocenters. The minimum atomic E-state index is -0.384. The maximum Gasteiger partial charge on any atom is 0.269 e. The van der Waals surface area contributed by atoms with Crippen molar-refractivity contribution in [3.8, 4) is 0 Å². The van der Waals surface area contributed by atoms with Crippen molar-refractivity contribution in [2.24, 2.45) is 0 Å². The fourth-order valence-electron chi connectivity index (χ4n) is 1.89. The molecule has 2 aromatic carbocycles. The molecule has 0 aliphatic carbocycles. The van der Waals surface area contributed by atoms with E-state index in [-0.39, 0.29) is 10.6 Å². The van der Waals surface area contributed by atoms with Gasteiger partial charge in [-0.1, -0.05) is 17.8 Å². The third-order valence-corrected chi connectivity index (χ3v) is 3.96. The minimum absolute atomic E-state index is 0.120. The summed E-state index contributed by atoms with van der Waals surface area (Å²) in [6.45, 7) is 2.95. The predicted molar refractivity (Wildman–Crippen MR) is 81.2 cm³/mol. The second-order valence-electron chi connectivity index (χ2n) is 4.47. The Hall–Kier alpha value is -1.85. The van der Waals surface area contributed by atoms with Gasteiger partial charge < -0.3 is 5.32 Å². The maximum atomic E-state index is 10.6. The Morgan fingerprint density at radius 3 is 2.35 bits per heavy atom. The van der Waals surface area contributed by atoms with Crippen molar-refractivity contribution in [2.75, 3.05) is 7.05 Å². The standard InChI is InChI=1S/C15H16N2O2S/c1-11-9-15(6-3-12(11)10-16-2)20-14-7-4-13(5-8-14)17(18)19/h3-9,16H,10H2,1-2H3. The van der Waals surface area contributed by atoms with Gasteiger partial charge in [0.2, 0.25) is 0 Å². The van der Waals surface area contributed by atoms with E-state index < -0.39 is 0 Å². The number of hydrogen-bond donors (Lipinski definition) is 1. The third-order valence-electron chi connectivity index (χ3n) is 2.96. The van der Waals surface area contributed by atoms with Gasteiger partial charge in [-0.05, 0) is 49.4 Å². The lowest BCUT2D eigenvalue weighted by molar-refractivity contribution is -0.384. The molecule has 0 fully saturated rings. The van der Waals surface area contributed by atoms with E-state index >= 15 is 0 Å². The van der Waals surface area contributed by atoms with E-state index in [1.54, 1.807) is 23.9 Å². The van der Waals surface area contributed by atoms with Gasteiger partial charge in [0.05, 0.1) is 4.92 Å². The number of nitro groups is 1. The van der Waals surface area contributed by atoms with Crippen molar-refractivity contribution < 1.29 is 4.92 Å². The molecule has 0 heterocycles. The quantitative estimate of drug-likeness (QED) is 0.672. The number of non-ortho nitro benzene ring substituents is 1. The largest absolute Gasteiger partial charge is 0.316 e. The number of hydrogen-bond acceptors (Lipinski definition) is 4. The first kappa shape index (κ1) is 14.6. The molecule has 0 radical (unpaired) electrons. The Labute approximate surface area is 122 Å². The molecule has 0 saturated heterocycles. The van der Waals surface area contributed by atoms with E-state index in [0.717, 1.165) is 16.3 Å². The Bertz CT molecular complexity index is 612. The van der Waals surface area contributed by atoms with E-state index in [9.17, 15) is 10.1 Å². The van der Waals surface area contributed by atoms with E-state index in [1.165, 1.54) is 23.3 Å². The SMILES string of the molecule is CNCc1ccc(Sc2ccc([N+](=O)[O-])cc2)cc1C. The van der Waals surface area contributed by atoms with Crippen LogP contribution in [0.3, 0.4) is 0 Å². The van der Waals surface area contributed by atoms with E-state index in [4.69, 9.17) is 0 Å². The first-order chi connectivity index (χ1) is 9.60. The van der Waals surface area contributed by atoms with Crippen molar-refractivity contribution >= 4 is 17.4 Å². The third kappa shape index (κ3) is 3.59. The van der Waals surface area contributed by atoms with Crippen LogP contribution in [0.15, 0.2) is 52.3 Å². The molecule has 0 spiro atoms. The van der Waals surface area contributed by atoms with Crippen molar-refractivity contribution in [2.45, 2.75) is 23.3 Å². The Morgan fingerprint density at radius 2 is 1.80 bits per heavy atom. The summed E-state index contributed by atoms with van der Waals surface area (Å²) in [7, 11) is 1.93. The van der Waals surface area contributed by atoms with Gasteiger partial charge in [-0.2, -0.15) is 0 Å². The second kappa shape index (κ2) is 6.54. The molecule has 0 aliphatic rings. The van der Waals surface area contributed by atoms with Crippen LogP contribution in [0.4, 0.5) is 5.69 Å². The van der Waals surface area contributed by atoms with E-state index in [1.807, 2.05) is 7.05 Å². The summed E-state index contributed by atoms with van der Waals surface area (Å²) in [5.41, 5.74) is 2.64. The average molecular weight is 288 g/mol. The summed E-state index contributed by atoms with van der Waals surface area (Å²) in [5.74, 6) is 0. The van der Waals surface area contributed by atoms with Crippen molar-refractivity contribution in [3.05, 3.63) is 63.7 Å². The van der Waals surface area contributed by atoms with E-state index in [2.05, 4.69) is 30.4 Å². The lowest BCUT2D eigenvalue weighted by atomic mass is 10.1. The fraction of sp³-hybridized carbons (Fsp3) is 0.200. The molecule has 5 heteroatoms. The monoisotopic (exact) mass is 288 g/mol. The van der Waals surface area contributed by atoms with Crippen LogP contribution in [0.5, 0.6) is 0 Å². The lowest BCUT2D eigenvalue weighted by Crippen LogP contribution is -2.06. The normalized spacial score (nSPS) is 10.5. The number of benzene rings is 2. The van der Waals surface area contributed by atoms with Gasteiger partial charge in [0.1, 0.15) is 0 Å². The zero-order chi connectivity index (χ0) is 14.5. The molecule has 0 bridgehead atoms. The number of nitrogens with one attached hydrogen (secondary N) is 1. The van der Waals surface area contributed by atoms with Gasteiger partial charge in [-0.15, -0.1) is 0 Å². The molecule has 4 nitrogen and oxygen atoms in total. The summed E-state index contributed by atoms with van der Waals surface area (Å²) in [5, 5.41) is 13.7. The molecule has 0 aromatic heterocycles. The van der Waals surface area contributed by atoms with Crippen LogP contribution in [0, 0.1) is 17.0 Å². The molecule has 104 valence electrons. The van der Waals surface area contributed by atoms with Crippen LogP contribution in [-0.4, -0.2) is 12.0 Å². The highest BCUT2D eigenvalue weighted by Crippen LogP contribution is 2.30. The van der Waals surface area contributed by atoms with Gasteiger partial charge in [0, 0.05) is 28.5 Å². The van der Waals surface area contributed by atoms with Gasteiger partial charge in [0.15, 0.2) is 0 Å². The lowest BCUT2D eigenvalue weighted by Gasteiger charge is -2.08. The Morgan fingerprint density at radius 1 is 1.15 bits per heavy atom. The van der Waals surface area contributed by atoms with Gasteiger partial charge in [0.25, 0.3) is 5.69 Å². The van der Waals surface area contributed by atoms with E-state index in [0.29, 0.717) is 0 Å². The molecule has 2 rings (SSSR count). The Balaban J connectivity index is 2.13. The highest BCUT2D eigenvalue weighted by Gasteiger charge is 2.05. The molecule has 0 amide bonds. The van der Waals surface area contributed by atoms with Crippen LogP contribution < -0.4 is 5.32 Å². The van der Waals surface area contributed by atoms with Crippen LogP contribution in [0.1, 0.15) is 11.1 Å². The molecule has 20 heavy (non-hydrogen) atoms. The molecule has 2 aromatic rings. The zero-order valence-electron chi connectivity index (χ0n) is 11.4. The molecule has 0 aliphatic heterocycles. The van der Waals surface area contributed by atoms with Gasteiger partial charge in [-0.25, -0.2) is 0 Å². The molecular formula is C15H16N2O2S. The predicted octanol–water partition coefficient (Wildman–Crippen LogP) is 3.77. The van der Waals surface area contributed by atoms with Crippen LogP contribution in [0.2, 0.25) is 0 Å². The topological polar surface area (TPSA) is 55.2 Å². The molecule has 0 unspecified atom stereocenters. The second-order valence-corrected chi connectivity index (χ2v) is 5.62. The first-order valence-corrected chi connectivity index (χ1v) is 7.08. The van der Waals surface area contributed by atoms with Crippen molar-refractivity contribution in [1.82, 2.24) is 5.32 Å². The summed E-state index contributed by atoms with van der Waals surface area (Å²) < 4.78 is 0. The van der Waals surface area contributed by atoms with Crippen LogP contribution >= 0.6 is 11.8 Å². The summed E-state index contributed by atoms with van der Waals surface area (Å²) >= 11 is 1.61. The van der Waals surface area contributed by atoms with Gasteiger partial charge >= 0.3 is 0 Å². The zero-order valence-corrected chi connectivity index (χ0v) is 12.2. The molecular weight excluding hydrogens is 272 g/mol. The van der Waals surface area contributed by atoms with Crippen LogP contribution in [0.25, 0.3) is 0 Å². The summed E-state index contributed by atoms with van der Waals surface area (Å²) in [6, 6.07) is 12.9. The highest BCUT2D eigenvalue weighted by atomic mass is 32.2. The maximum absolute atomic E-state index is 10.6. The minimum Gasteiger partial charge on any atom is -0.316 e. The van der Waals surface area contributed by atoms with Crippen molar-refractivity contribution in [1.29, 1.82) is 0 Å².